The first-order valence-corrected chi connectivity index (χ1v) is 10.1. The summed E-state index contributed by atoms with van der Waals surface area (Å²) in [6.07, 6.45) is 8.59. The molecule has 2 aromatic rings. The van der Waals surface area contributed by atoms with E-state index in [2.05, 4.69) is 15.3 Å². The van der Waals surface area contributed by atoms with Crippen molar-refractivity contribution in [2.24, 2.45) is 0 Å². The molecule has 0 unspecified atom stereocenters. The van der Waals surface area contributed by atoms with Crippen LogP contribution in [0.25, 0.3) is 5.69 Å². The highest BCUT2D eigenvalue weighted by Gasteiger charge is 2.33. The molecule has 7 heteroatoms. The molecule has 28 heavy (non-hydrogen) atoms. The summed E-state index contributed by atoms with van der Waals surface area (Å²) in [6.45, 7) is 3.07. The van der Waals surface area contributed by atoms with Crippen molar-refractivity contribution in [3.63, 3.8) is 0 Å². The summed E-state index contributed by atoms with van der Waals surface area (Å²) in [4.78, 5) is 29.7. The van der Waals surface area contributed by atoms with Crippen LogP contribution >= 0.6 is 0 Å². The third-order valence-electron chi connectivity index (χ3n) is 5.59. The highest BCUT2D eigenvalue weighted by atomic mass is 16.2. The Morgan fingerprint density at radius 1 is 1.04 bits per heavy atom. The molecular formula is C21H27N5O2. The number of piperidine rings is 1. The van der Waals surface area contributed by atoms with Crippen LogP contribution in [-0.2, 0) is 9.59 Å². The van der Waals surface area contributed by atoms with Crippen LogP contribution in [0.1, 0.15) is 32.1 Å². The fourth-order valence-electron chi connectivity index (χ4n) is 4.07. The maximum Gasteiger partial charge on any atom is 0.247 e. The van der Waals surface area contributed by atoms with Gasteiger partial charge in [0.1, 0.15) is 6.04 Å². The quantitative estimate of drug-likeness (QED) is 0.863. The van der Waals surface area contributed by atoms with Crippen LogP contribution in [0.2, 0.25) is 0 Å². The summed E-state index contributed by atoms with van der Waals surface area (Å²) < 4.78 is 1.77. The number of rotatable bonds is 5. The van der Waals surface area contributed by atoms with E-state index in [-0.39, 0.29) is 17.9 Å². The number of benzene rings is 1. The topological polar surface area (TPSA) is 70.5 Å². The molecule has 0 aliphatic carbocycles. The molecule has 2 aliphatic rings. The Balaban J connectivity index is 1.39. The highest BCUT2D eigenvalue weighted by Crippen LogP contribution is 2.21. The molecule has 1 aromatic heterocycles. The SMILES string of the molecule is O=C(Nc1ccc(-n2cccn2)cc1)[C@@H]1CCCCN1C(=O)CN1CCCC1. The Morgan fingerprint density at radius 3 is 2.50 bits per heavy atom. The zero-order valence-electron chi connectivity index (χ0n) is 16.1. The van der Waals surface area contributed by atoms with Gasteiger partial charge in [-0.05, 0) is 75.5 Å². The first-order valence-electron chi connectivity index (χ1n) is 10.1. The number of aromatic nitrogens is 2. The van der Waals surface area contributed by atoms with Gasteiger partial charge in [0.25, 0.3) is 0 Å². The molecule has 2 aliphatic heterocycles. The van der Waals surface area contributed by atoms with Crippen LogP contribution < -0.4 is 5.32 Å². The molecular weight excluding hydrogens is 354 g/mol. The molecule has 2 fully saturated rings. The van der Waals surface area contributed by atoms with Gasteiger partial charge in [-0.3, -0.25) is 14.5 Å². The molecule has 3 heterocycles. The Labute approximate surface area is 165 Å². The fraction of sp³-hybridized carbons (Fsp3) is 0.476. The molecule has 4 rings (SSSR count). The van der Waals surface area contributed by atoms with Gasteiger partial charge in [0.2, 0.25) is 11.8 Å². The molecule has 148 valence electrons. The minimum Gasteiger partial charge on any atom is -0.330 e. The normalized spacial score (nSPS) is 20.3. The van der Waals surface area contributed by atoms with Gasteiger partial charge in [-0.15, -0.1) is 0 Å². The standard InChI is InChI=1S/C21H27N5O2/c27-20(16-24-12-3-4-13-24)25-14-2-1-6-19(25)21(28)23-17-7-9-18(10-8-17)26-15-5-11-22-26/h5,7-11,15,19H,1-4,6,12-14,16H2,(H,23,28)/t19-/m0/s1. The maximum absolute atomic E-state index is 12.9. The predicted octanol–water partition coefficient (Wildman–Crippen LogP) is 2.29. The predicted molar refractivity (Wildman–Crippen MR) is 107 cm³/mol. The number of carbonyl (C=O) groups is 2. The largest absolute Gasteiger partial charge is 0.330 e. The van der Waals surface area contributed by atoms with Crippen LogP contribution in [0.15, 0.2) is 42.7 Å². The summed E-state index contributed by atoms with van der Waals surface area (Å²) in [6, 6.07) is 9.06. The van der Waals surface area contributed by atoms with Crippen molar-refractivity contribution in [2.45, 2.75) is 38.1 Å². The fourth-order valence-corrected chi connectivity index (χ4v) is 4.07. The summed E-state index contributed by atoms with van der Waals surface area (Å²) >= 11 is 0. The van der Waals surface area contributed by atoms with Crippen molar-refractivity contribution < 1.29 is 9.59 Å². The lowest BCUT2D eigenvalue weighted by atomic mass is 10.0. The van der Waals surface area contributed by atoms with E-state index in [4.69, 9.17) is 0 Å². The zero-order chi connectivity index (χ0) is 19.3. The third-order valence-corrected chi connectivity index (χ3v) is 5.59. The Hall–Kier alpha value is -2.67. The van der Waals surface area contributed by atoms with Gasteiger partial charge in [0.05, 0.1) is 12.2 Å². The number of hydrogen-bond acceptors (Lipinski definition) is 4. The summed E-state index contributed by atoms with van der Waals surface area (Å²) in [5, 5.41) is 7.19. The lowest BCUT2D eigenvalue weighted by molar-refractivity contribution is -0.141. The van der Waals surface area contributed by atoms with Gasteiger partial charge >= 0.3 is 0 Å². The summed E-state index contributed by atoms with van der Waals surface area (Å²) in [7, 11) is 0. The molecule has 1 atom stereocenters. The molecule has 1 aromatic carbocycles. The second kappa shape index (κ2) is 8.56. The number of anilines is 1. The number of hydrogen-bond donors (Lipinski definition) is 1. The average molecular weight is 381 g/mol. The highest BCUT2D eigenvalue weighted by molar-refractivity contribution is 5.97. The zero-order valence-corrected chi connectivity index (χ0v) is 16.1. The Kier molecular flexibility index (Phi) is 5.71. The van der Waals surface area contributed by atoms with Crippen LogP contribution in [0, 0.1) is 0 Å². The van der Waals surface area contributed by atoms with Crippen LogP contribution in [-0.4, -0.2) is 63.6 Å². The number of nitrogens with zero attached hydrogens (tertiary/aromatic N) is 4. The molecule has 0 bridgehead atoms. The lowest BCUT2D eigenvalue weighted by Gasteiger charge is -2.35. The van der Waals surface area contributed by atoms with Gasteiger partial charge in [-0.1, -0.05) is 0 Å². The molecule has 2 amide bonds. The van der Waals surface area contributed by atoms with E-state index >= 15 is 0 Å². The van der Waals surface area contributed by atoms with Gasteiger partial charge in [0.15, 0.2) is 0 Å². The van der Waals surface area contributed by atoms with Gasteiger partial charge in [-0.25, -0.2) is 4.68 Å². The number of carbonyl (C=O) groups excluding carboxylic acids is 2. The van der Waals surface area contributed by atoms with E-state index in [1.54, 1.807) is 15.8 Å². The Morgan fingerprint density at radius 2 is 1.79 bits per heavy atom. The smallest absolute Gasteiger partial charge is 0.247 e. The molecule has 7 nitrogen and oxygen atoms in total. The van der Waals surface area contributed by atoms with Crippen LogP contribution in [0.5, 0.6) is 0 Å². The maximum atomic E-state index is 12.9. The van der Waals surface area contributed by atoms with E-state index in [0.717, 1.165) is 56.6 Å². The molecule has 1 N–H and O–H groups in total. The van der Waals surface area contributed by atoms with Crippen molar-refractivity contribution in [1.29, 1.82) is 0 Å². The molecule has 0 radical (unpaired) electrons. The monoisotopic (exact) mass is 381 g/mol. The molecule has 0 spiro atoms. The van der Waals surface area contributed by atoms with E-state index in [9.17, 15) is 9.59 Å². The number of nitrogens with one attached hydrogen (secondary N) is 1. The van der Waals surface area contributed by atoms with E-state index in [0.29, 0.717) is 13.1 Å². The first-order chi connectivity index (χ1) is 13.7. The second-order valence-electron chi connectivity index (χ2n) is 7.57. The molecule has 2 saturated heterocycles. The van der Waals surface area contributed by atoms with Gasteiger partial charge < -0.3 is 10.2 Å². The third kappa shape index (κ3) is 4.25. The van der Waals surface area contributed by atoms with E-state index < -0.39 is 0 Å². The molecule has 0 saturated carbocycles. The van der Waals surface area contributed by atoms with Crippen molar-refractivity contribution in [3.8, 4) is 5.69 Å². The van der Waals surface area contributed by atoms with Crippen molar-refractivity contribution in [1.82, 2.24) is 19.6 Å². The minimum absolute atomic E-state index is 0.0794. The van der Waals surface area contributed by atoms with Gasteiger partial charge in [-0.2, -0.15) is 5.10 Å². The average Bonchev–Trinajstić information content (AvgIpc) is 3.43. The van der Waals surface area contributed by atoms with Crippen molar-refractivity contribution >= 4 is 17.5 Å². The summed E-state index contributed by atoms with van der Waals surface area (Å²) in [5.74, 6) is -0.0166. The van der Waals surface area contributed by atoms with E-state index in [1.165, 1.54) is 0 Å². The first kappa shape index (κ1) is 18.7. The second-order valence-corrected chi connectivity index (χ2v) is 7.57. The van der Waals surface area contributed by atoms with Gasteiger partial charge in [0, 0.05) is 24.6 Å². The number of likely N-dealkylation sites (tertiary alicyclic amines) is 2. The summed E-state index contributed by atoms with van der Waals surface area (Å²) in [5.41, 5.74) is 1.67. The Bertz CT molecular complexity index is 797. The van der Waals surface area contributed by atoms with Crippen LogP contribution in [0.3, 0.4) is 0 Å². The van der Waals surface area contributed by atoms with E-state index in [1.807, 2.05) is 36.5 Å². The van der Waals surface area contributed by atoms with Crippen molar-refractivity contribution in [2.75, 3.05) is 31.5 Å². The number of amides is 2. The lowest BCUT2D eigenvalue weighted by Crippen LogP contribution is -2.52. The minimum atomic E-state index is -0.380. The van der Waals surface area contributed by atoms with Crippen molar-refractivity contribution in [3.05, 3.63) is 42.7 Å². The van der Waals surface area contributed by atoms with Crippen LogP contribution in [0.4, 0.5) is 5.69 Å².